The van der Waals surface area contributed by atoms with Crippen molar-refractivity contribution in [1.82, 2.24) is 4.90 Å². The van der Waals surface area contributed by atoms with Crippen LogP contribution in [0.2, 0.25) is 5.02 Å². The molecule has 2 rings (SSSR count). The Morgan fingerprint density at radius 3 is 2.61 bits per heavy atom. The lowest BCUT2D eigenvalue weighted by molar-refractivity contribution is -0.130. The Morgan fingerprint density at radius 2 is 1.96 bits per heavy atom. The van der Waals surface area contributed by atoms with Gasteiger partial charge in [0.1, 0.15) is 5.75 Å². The molecular formula is C18H21ClN2O2. The SMILES string of the molecule is COc1ccc(NCCC(=O)N(C)Cc2ccccc2)cc1Cl. The van der Waals surface area contributed by atoms with Crippen LogP contribution in [0.4, 0.5) is 5.69 Å². The molecule has 1 N–H and O–H groups in total. The van der Waals surface area contributed by atoms with Crippen molar-refractivity contribution in [3.05, 3.63) is 59.1 Å². The fourth-order valence-corrected chi connectivity index (χ4v) is 2.48. The van der Waals surface area contributed by atoms with Crippen molar-refractivity contribution in [1.29, 1.82) is 0 Å². The molecular weight excluding hydrogens is 312 g/mol. The lowest BCUT2D eigenvalue weighted by Crippen LogP contribution is -2.27. The van der Waals surface area contributed by atoms with Gasteiger partial charge in [-0.05, 0) is 23.8 Å². The van der Waals surface area contributed by atoms with E-state index < -0.39 is 0 Å². The number of benzene rings is 2. The number of nitrogens with zero attached hydrogens (tertiary/aromatic N) is 1. The highest BCUT2D eigenvalue weighted by molar-refractivity contribution is 6.32. The van der Waals surface area contributed by atoms with E-state index in [2.05, 4.69) is 5.32 Å². The number of halogens is 1. The summed E-state index contributed by atoms with van der Waals surface area (Å²) < 4.78 is 5.11. The van der Waals surface area contributed by atoms with Crippen LogP contribution in [-0.2, 0) is 11.3 Å². The molecule has 0 radical (unpaired) electrons. The minimum absolute atomic E-state index is 0.0981. The van der Waals surface area contributed by atoms with E-state index in [1.54, 1.807) is 24.1 Å². The highest BCUT2D eigenvalue weighted by atomic mass is 35.5. The van der Waals surface area contributed by atoms with Gasteiger partial charge in [0.2, 0.25) is 5.91 Å². The molecule has 0 aliphatic rings. The van der Waals surface area contributed by atoms with E-state index in [0.717, 1.165) is 11.3 Å². The summed E-state index contributed by atoms with van der Waals surface area (Å²) in [5, 5.41) is 3.75. The van der Waals surface area contributed by atoms with Crippen LogP contribution in [0.3, 0.4) is 0 Å². The van der Waals surface area contributed by atoms with Crippen molar-refractivity contribution >= 4 is 23.2 Å². The molecule has 122 valence electrons. The highest BCUT2D eigenvalue weighted by Gasteiger charge is 2.09. The normalized spacial score (nSPS) is 10.2. The quantitative estimate of drug-likeness (QED) is 0.838. The zero-order valence-electron chi connectivity index (χ0n) is 13.4. The largest absolute Gasteiger partial charge is 0.495 e. The monoisotopic (exact) mass is 332 g/mol. The number of rotatable bonds is 7. The highest BCUT2D eigenvalue weighted by Crippen LogP contribution is 2.27. The Bertz CT molecular complexity index is 647. The fraction of sp³-hybridized carbons (Fsp3) is 0.278. The minimum Gasteiger partial charge on any atom is -0.495 e. The van der Waals surface area contributed by atoms with Gasteiger partial charge in [0.15, 0.2) is 0 Å². The molecule has 0 bridgehead atoms. The standard InChI is InChI=1S/C18H21ClN2O2/c1-21(13-14-6-4-3-5-7-14)18(22)10-11-20-15-8-9-17(23-2)16(19)12-15/h3-9,12,20H,10-11,13H2,1-2H3. The minimum atomic E-state index is 0.0981. The van der Waals surface area contributed by atoms with Crippen molar-refractivity contribution in [2.75, 3.05) is 26.0 Å². The van der Waals surface area contributed by atoms with Crippen LogP contribution in [0.15, 0.2) is 48.5 Å². The fourth-order valence-electron chi connectivity index (χ4n) is 2.23. The second-order valence-electron chi connectivity index (χ2n) is 5.26. The van der Waals surface area contributed by atoms with E-state index in [9.17, 15) is 4.79 Å². The lowest BCUT2D eigenvalue weighted by atomic mass is 10.2. The van der Waals surface area contributed by atoms with Gasteiger partial charge in [-0.15, -0.1) is 0 Å². The van der Waals surface area contributed by atoms with Crippen molar-refractivity contribution in [2.45, 2.75) is 13.0 Å². The first-order valence-electron chi connectivity index (χ1n) is 7.45. The Kier molecular flexibility index (Phi) is 6.29. The van der Waals surface area contributed by atoms with Gasteiger partial charge in [-0.25, -0.2) is 0 Å². The second kappa shape index (κ2) is 8.44. The molecule has 0 saturated carbocycles. The van der Waals surface area contributed by atoms with Crippen molar-refractivity contribution < 1.29 is 9.53 Å². The van der Waals surface area contributed by atoms with Crippen molar-refractivity contribution in [3.63, 3.8) is 0 Å². The van der Waals surface area contributed by atoms with Crippen molar-refractivity contribution in [3.8, 4) is 5.75 Å². The molecule has 2 aromatic carbocycles. The summed E-state index contributed by atoms with van der Waals surface area (Å²) in [6.07, 6.45) is 0.424. The molecule has 2 aromatic rings. The Morgan fingerprint density at radius 1 is 1.22 bits per heavy atom. The number of hydrogen-bond acceptors (Lipinski definition) is 3. The summed E-state index contributed by atoms with van der Waals surface area (Å²) in [7, 11) is 3.40. The number of nitrogens with one attached hydrogen (secondary N) is 1. The topological polar surface area (TPSA) is 41.6 Å². The van der Waals surface area contributed by atoms with Gasteiger partial charge in [0.05, 0.1) is 12.1 Å². The Hall–Kier alpha value is -2.20. The number of carbonyl (C=O) groups excluding carboxylic acids is 1. The third kappa shape index (κ3) is 5.18. The van der Waals surface area contributed by atoms with Gasteiger partial charge in [-0.3, -0.25) is 4.79 Å². The summed E-state index contributed by atoms with van der Waals surface area (Å²) in [4.78, 5) is 13.9. The molecule has 4 nitrogen and oxygen atoms in total. The molecule has 0 spiro atoms. The maximum Gasteiger partial charge on any atom is 0.224 e. The third-order valence-corrected chi connectivity index (χ3v) is 3.80. The van der Waals surface area contributed by atoms with Gasteiger partial charge in [0.25, 0.3) is 0 Å². The molecule has 23 heavy (non-hydrogen) atoms. The molecule has 0 aliphatic heterocycles. The maximum atomic E-state index is 12.1. The first-order valence-corrected chi connectivity index (χ1v) is 7.83. The molecule has 0 fully saturated rings. The van der Waals surface area contributed by atoms with Crippen LogP contribution < -0.4 is 10.1 Å². The average Bonchev–Trinajstić information content (AvgIpc) is 2.56. The number of carbonyl (C=O) groups is 1. The molecule has 0 unspecified atom stereocenters. The van der Waals surface area contributed by atoms with Crippen LogP contribution in [0.1, 0.15) is 12.0 Å². The van der Waals surface area contributed by atoms with E-state index in [0.29, 0.717) is 30.3 Å². The summed E-state index contributed by atoms with van der Waals surface area (Å²) in [6, 6.07) is 15.4. The van der Waals surface area contributed by atoms with E-state index in [-0.39, 0.29) is 5.91 Å². The zero-order valence-corrected chi connectivity index (χ0v) is 14.1. The zero-order chi connectivity index (χ0) is 16.7. The van der Waals surface area contributed by atoms with Crippen molar-refractivity contribution in [2.24, 2.45) is 0 Å². The summed E-state index contributed by atoms with van der Waals surface area (Å²) >= 11 is 6.07. The lowest BCUT2D eigenvalue weighted by Gasteiger charge is -2.17. The molecule has 5 heteroatoms. The van der Waals surface area contributed by atoms with Gasteiger partial charge in [0, 0.05) is 32.2 Å². The number of methoxy groups -OCH3 is 1. The van der Waals surface area contributed by atoms with Gasteiger partial charge < -0.3 is 15.0 Å². The van der Waals surface area contributed by atoms with Crippen LogP contribution in [0.25, 0.3) is 0 Å². The van der Waals surface area contributed by atoms with Crippen LogP contribution in [0.5, 0.6) is 5.75 Å². The van der Waals surface area contributed by atoms with Gasteiger partial charge >= 0.3 is 0 Å². The summed E-state index contributed by atoms with van der Waals surface area (Å²) in [5.74, 6) is 0.733. The first kappa shape index (κ1) is 17.2. The number of ether oxygens (including phenoxy) is 1. The van der Waals surface area contributed by atoms with E-state index in [1.165, 1.54) is 0 Å². The average molecular weight is 333 g/mol. The summed E-state index contributed by atoms with van der Waals surface area (Å²) in [6.45, 7) is 1.18. The molecule has 1 amide bonds. The number of amides is 1. The van der Waals surface area contributed by atoms with Gasteiger partial charge in [-0.2, -0.15) is 0 Å². The second-order valence-corrected chi connectivity index (χ2v) is 5.67. The molecule has 0 aromatic heterocycles. The molecule has 0 aliphatic carbocycles. The summed E-state index contributed by atoms with van der Waals surface area (Å²) in [5.41, 5.74) is 1.99. The van der Waals surface area contributed by atoms with Gasteiger partial charge in [-0.1, -0.05) is 41.9 Å². The first-order chi connectivity index (χ1) is 11.1. The number of hydrogen-bond donors (Lipinski definition) is 1. The molecule has 0 saturated heterocycles. The van der Waals surface area contributed by atoms with Crippen LogP contribution in [0, 0.1) is 0 Å². The van der Waals surface area contributed by atoms with Crippen LogP contribution >= 0.6 is 11.6 Å². The third-order valence-electron chi connectivity index (χ3n) is 3.51. The molecule has 0 heterocycles. The Labute approximate surface area is 142 Å². The van der Waals surface area contributed by atoms with E-state index >= 15 is 0 Å². The Balaban J connectivity index is 1.79. The predicted octanol–water partition coefficient (Wildman–Crippen LogP) is 3.81. The molecule has 0 atom stereocenters. The van der Waals surface area contributed by atoms with E-state index in [4.69, 9.17) is 16.3 Å². The number of anilines is 1. The van der Waals surface area contributed by atoms with Crippen LogP contribution in [-0.4, -0.2) is 31.5 Å². The van der Waals surface area contributed by atoms with E-state index in [1.807, 2.05) is 43.4 Å². The maximum absolute atomic E-state index is 12.1. The predicted molar refractivity (Wildman–Crippen MR) is 94.0 cm³/mol. The smallest absolute Gasteiger partial charge is 0.224 e.